The van der Waals surface area contributed by atoms with E-state index in [9.17, 15) is 0 Å². The van der Waals surface area contributed by atoms with Crippen LogP contribution in [-0.2, 0) is 6.54 Å². The normalized spacial score (nSPS) is 10.9. The van der Waals surface area contributed by atoms with Crippen LogP contribution in [0.1, 0.15) is 11.1 Å². The zero-order valence-corrected chi connectivity index (χ0v) is 11.6. The summed E-state index contributed by atoms with van der Waals surface area (Å²) in [5, 5.41) is 1.14. The molecular weight excluding hydrogens is 250 g/mol. The minimum absolute atomic E-state index is 0.718. The highest BCUT2D eigenvalue weighted by Gasteiger charge is 2.10. The molecule has 2 N–H and O–H groups in total. The number of nitrogens with two attached hydrogens (primary N) is 1. The van der Waals surface area contributed by atoms with E-state index < -0.39 is 0 Å². The van der Waals surface area contributed by atoms with Crippen LogP contribution >= 0.6 is 0 Å². The number of hydrogen-bond donors (Lipinski definition) is 1. The van der Waals surface area contributed by atoms with Gasteiger partial charge in [0.1, 0.15) is 11.4 Å². The highest BCUT2D eigenvalue weighted by Crippen LogP contribution is 2.24. The predicted octanol–water partition coefficient (Wildman–Crippen LogP) is 3.35. The van der Waals surface area contributed by atoms with Gasteiger partial charge in [0.05, 0.1) is 18.1 Å². The number of benzene rings is 1. The third kappa shape index (κ3) is 2.20. The Morgan fingerprint density at radius 1 is 1.30 bits per heavy atom. The van der Waals surface area contributed by atoms with Gasteiger partial charge in [-0.2, -0.15) is 0 Å². The molecule has 0 amide bonds. The molecule has 20 heavy (non-hydrogen) atoms. The van der Waals surface area contributed by atoms with E-state index in [1.165, 1.54) is 0 Å². The van der Waals surface area contributed by atoms with Crippen molar-refractivity contribution >= 4 is 22.5 Å². The van der Waals surface area contributed by atoms with Crippen molar-refractivity contribution in [2.45, 2.75) is 13.5 Å². The van der Waals surface area contributed by atoms with Crippen molar-refractivity contribution in [1.29, 1.82) is 0 Å². The van der Waals surface area contributed by atoms with E-state index >= 15 is 0 Å². The summed E-state index contributed by atoms with van der Waals surface area (Å²) in [5.74, 6) is 0.905. The summed E-state index contributed by atoms with van der Waals surface area (Å²) in [6, 6.07) is 10.0. The molecule has 102 valence electrons. The van der Waals surface area contributed by atoms with E-state index in [2.05, 4.69) is 16.0 Å². The Labute approximate surface area is 117 Å². The number of para-hydroxylation sites is 1. The van der Waals surface area contributed by atoms with Crippen molar-refractivity contribution < 1.29 is 4.42 Å². The molecule has 0 spiro atoms. The molecule has 0 atom stereocenters. The van der Waals surface area contributed by atoms with Crippen molar-refractivity contribution in [3.63, 3.8) is 0 Å². The molecule has 1 aromatic carbocycles. The maximum absolute atomic E-state index is 5.80. The van der Waals surface area contributed by atoms with Crippen LogP contribution in [0, 0.1) is 6.92 Å². The molecule has 0 saturated carbocycles. The van der Waals surface area contributed by atoms with Gasteiger partial charge in [-0.1, -0.05) is 18.2 Å². The molecule has 0 aliphatic carbocycles. The topological polar surface area (TPSA) is 55.3 Å². The Hall–Kier alpha value is -2.49. The van der Waals surface area contributed by atoms with Gasteiger partial charge in [-0.15, -0.1) is 0 Å². The lowest BCUT2D eigenvalue weighted by Crippen LogP contribution is -2.17. The Kier molecular flexibility index (Phi) is 3.06. The first-order valence-corrected chi connectivity index (χ1v) is 6.53. The number of nitrogens with zero attached hydrogens (tertiary/aromatic N) is 2. The molecule has 2 aromatic heterocycles. The summed E-state index contributed by atoms with van der Waals surface area (Å²) in [4.78, 5) is 6.46. The molecule has 0 fully saturated rings. The summed E-state index contributed by atoms with van der Waals surface area (Å²) in [7, 11) is 2.01. The predicted molar refractivity (Wildman–Crippen MR) is 81.7 cm³/mol. The zero-order valence-electron chi connectivity index (χ0n) is 11.6. The van der Waals surface area contributed by atoms with Crippen LogP contribution in [0.5, 0.6) is 0 Å². The number of pyridine rings is 1. The SMILES string of the molecule is Cc1cc(N(C)Cc2coc3ccccc23)ncc1N. The average Bonchev–Trinajstić information content (AvgIpc) is 2.85. The van der Waals surface area contributed by atoms with Gasteiger partial charge in [-0.25, -0.2) is 4.98 Å². The van der Waals surface area contributed by atoms with E-state index in [-0.39, 0.29) is 0 Å². The first-order valence-electron chi connectivity index (χ1n) is 6.53. The van der Waals surface area contributed by atoms with Crippen LogP contribution in [-0.4, -0.2) is 12.0 Å². The molecule has 4 heteroatoms. The lowest BCUT2D eigenvalue weighted by molar-refractivity contribution is 0.609. The molecule has 0 unspecified atom stereocenters. The highest BCUT2D eigenvalue weighted by atomic mass is 16.3. The van der Waals surface area contributed by atoms with Gasteiger partial charge >= 0.3 is 0 Å². The number of hydrogen-bond acceptors (Lipinski definition) is 4. The van der Waals surface area contributed by atoms with Crippen molar-refractivity contribution in [1.82, 2.24) is 4.98 Å². The van der Waals surface area contributed by atoms with E-state index in [0.29, 0.717) is 0 Å². The number of aromatic nitrogens is 1. The summed E-state index contributed by atoms with van der Waals surface area (Å²) in [6.07, 6.45) is 3.51. The molecule has 3 aromatic rings. The molecule has 0 bridgehead atoms. The standard InChI is InChI=1S/C16H17N3O/c1-11-7-16(18-8-14(11)17)19(2)9-12-10-20-15-6-4-3-5-13(12)15/h3-8,10H,9,17H2,1-2H3. The average molecular weight is 267 g/mol. The maximum Gasteiger partial charge on any atom is 0.134 e. The minimum atomic E-state index is 0.718. The van der Waals surface area contributed by atoms with E-state index in [1.54, 1.807) is 6.20 Å². The minimum Gasteiger partial charge on any atom is -0.464 e. The van der Waals surface area contributed by atoms with Gasteiger partial charge in [-0.05, 0) is 24.6 Å². The summed E-state index contributed by atoms with van der Waals surface area (Å²) >= 11 is 0. The van der Waals surface area contributed by atoms with Gasteiger partial charge in [0.25, 0.3) is 0 Å². The van der Waals surface area contributed by atoms with Gasteiger partial charge in [-0.3, -0.25) is 0 Å². The Bertz CT molecular complexity index is 748. The van der Waals surface area contributed by atoms with Crippen LogP contribution < -0.4 is 10.6 Å². The number of anilines is 2. The van der Waals surface area contributed by atoms with Crippen molar-refractivity contribution in [3.8, 4) is 0 Å². The van der Waals surface area contributed by atoms with Crippen LogP contribution in [0.4, 0.5) is 11.5 Å². The van der Waals surface area contributed by atoms with Crippen LogP contribution in [0.3, 0.4) is 0 Å². The monoisotopic (exact) mass is 267 g/mol. The smallest absolute Gasteiger partial charge is 0.134 e. The summed E-state index contributed by atoms with van der Waals surface area (Å²) in [5.41, 5.74) is 9.63. The Morgan fingerprint density at radius 3 is 2.90 bits per heavy atom. The molecule has 3 rings (SSSR count). The van der Waals surface area contributed by atoms with E-state index in [4.69, 9.17) is 10.2 Å². The number of rotatable bonds is 3. The molecule has 0 saturated heterocycles. The van der Waals surface area contributed by atoms with Crippen LogP contribution in [0.15, 0.2) is 47.2 Å². The fourth-order valence-corrected chi connectivity index (χ4v) is 2.25. The molecule has 0 radical (unpaired) electrons. The van der Waals surface area contributed by atoms with Gasteiger partial charge < -0.3 is 15.1 Å². The maximum atomic E-state index is 5.80. The molecule has 0 aliphatic heterocycles. The Morgan fingerprint density at radius 2 is 2.10 bits per heavy atom. The van der Waals surface area contributed by atoms with Crippen LogP contribution in [0.25, 0.3) is 11.0 Å². The second kappa shape index (κ2) is 4.89. The van der Waals surface area contributed by atoms with Crippen molar-refractivity contribution in [2.75, 3.05) is 17.7 Å². The molecular formula is C16H17N3O. The fourth-order valence-electron chi connectivity index (χ4n) is 2.25. The summed E-state index contributed by atoms with van der Waals surface area (Å²) < 4.78 is 5.56. The third-order valence-corrected chi connectivity index (χ3v) is 3.50. The Balaban J connectivity index is 1.88. The molecule has 0 aliphatic rings. The zero-order chi connectivity index (χ0) is 14.1. The first kappa shape index (κ1) is 12.5. The number of aryl methyl sites for hydroxylation is 1. The van der Waals surface area contributed by atoms with Gasteiger partial charge in [0.2, 0.25) is 0 Å². The first-order chi connectivity index (χ1) is 9.65. The van der Waals surface area contributed by atoms with E-state index in [1.807, 2.05) is 44.5 Å². The van der Waals surface area contributed by atoms with Gasteiger partial charge in [0.15, 0.2) is 0 Å². The number of fused-ring (bicyclic) bond motifs is 1. The highest BCUT2D eigenvalue weighted by molar-refractivity contribution is 5.81. The molecule has 4 nitrogen and oxygen atoms in total. The molecule has 2 heterocycles. The second-order valence-corrected chi connectivity index (χ2v) is 5.01. The number of nitrogen functional groups attached to an aromatic ring is 1. The lowest BCUT2D eigenvalue weighted by Gasteiger charge is -2.18. The summed E-state index contributed by atoms with van der Waals surface area (Å²) in [6.45, 7) is 2.73. The second-order valence-electron chi connectivity index (χ2n) is 5.01. The number of furan rings is 1. The van der Waals surface area contributed by atoms with Crippen molar-refractivity contribution in [3.05, 3.63) is 53.9 Å². The lowest BCUT2D eigenvalue weighted by atomic mass is 10.1. The fraction of sp³-hybridized carbons (Fsp3) is 0.188. The van der Waals surface area contributed by atoms with Crippen molar-refractivity contribution in [2.24, 2.45) is 0 Å². The van der Waals surface area contributed by atoms with Gasteiger partial charge in [0, 0.05) is 24.5 Å². The quantitative estimate of drug-likeness (QED) is 0.790. The van der Waals surface area contributed by atoms with Crippen LogP contribution in [0.2, 0.25) is 0 Å². The largest absolute Gasteiger partial charge is 0.464 e. The third-order valence-electron chi connectivity index (χ3n) is 3.50. The van der Waals surface area contributed by atoms with E-state index in [0.717, 1.165) is 40.1 Å².